The Bertz CT molecular complexity index is 1010. The molecule has 1 saturated heterocycles. The van der Waals surface area contributed by atoms with Gasteiger partial charge >= 0.3 is 0 Å². The smallest absolute Gasteiger partial charge is 0.258 e. The lowest BCUT2D eigenvalue weighted by Gasteiger charge is -2.38. The molecule has 0 aliphatic carbocycles. The summed E-state index contributed by atoms with van der Waals surface area (Å²) in [6, 6.07) is 10.8. The van der Waals surface area contributed by atoms with Crippen LogP contribution in [0.2, 0.25) is 0 Å². The van der Waals surface area contributed by atoms with Crippen molar-refractivity contribution in [3.05, 3.63) is 70.5 Å². The van der Waals surface area contributed by atoms with Gasteiger partial charge < -0.3 is 4.90 Å². The van der Waals surface area contributed by atoms with Gasteiger partial charge in [0.1, 0.15) is 5.82 Å². The predicted molar refractivity (Wildman–Crippen MR) is 127 cm³/mol. The monoisotopic (exact) mass is 437 g/mol. The number of benzene rings is 2. The van der Waals surface area contributed by atoms with Crippen LogP contribution in [-0.2, 0) is 16.0 Å². The first-order chi connectivity index (χ1) is 15.2. The summed E-state index contributed by atoms with van der Waals surface area (Å²) in [6.07, 6.45) is 4.63. The quantitative estimate of drug-likeness (QED) is 0.542. The molecule has 2 atom stereocenters. The third-order valence-corrected chi connectivity index (χ3v) is 5.83. The molecule has 2 aromatic rings. The molecule has 1 aliphatic heterocycles. The van der Waals surface area contributed by atoms with Gasteiger partial charge in [-0.05, 0) is 79.1 Å². The van der Waals surface area contributed by atoms with Gasteiger partial charge in [0.25, 0.3) is 5.91 Å². The van der Waals surface area contributed by atoms with Gasteiger partial charge in [0.2, 0.25) is 5.91 Å². The summed E-state index contributed by atoms with van der Waals surface area (Å²) < 4.78 is 14.2. The number of amides is 2. The second kappa shape index (κ2) is 10.1. The van der Waals surface area contributed by atoms with Gasteiger partial charge in [-0.15, -0.1) is 0 Å². The molecule has 1 heterocycles. The summed E-state index contributed by atoms with van der Waals surface area (Å²) >= 11 is 0. The molecule has 0 bridgehead atoms. The van der Waals surface area contributed by atoms with Crippen LogP contribution >= 0.6 is 0 Å². The Balaban J connectivity index is 1.83. The molecule has 1 fully saturated rings. The van der Waals surface area contributed by atoms with Crippen molar-refractivity contribution in [3.8, 4) is 0 Å². The van der Waals surface area contributed by atoms with E-state index in [1.807, 2.05) is 49.9 Å². The van der Waals surface area contributed by atoms with E-state index < -0.39 is 0 Å². The Hall–Kier alpha value is -2.99. The number of carbonyl (C=O) groups excluding carboxylic acids is 2. The topological polar surface area (TPSA) is 52.7 Å². The number of rotatable bonds is 6. The Morgan fingerprint density at radius 1 is 1.22 bits per heavy atom. The second-order valence-electron chi connectivity index (χ2n) is 8.95. The number of hydrogen-bond acceptors (Lipinski definition) is 3. The number of anilines is 1. The van der Waals surface area contributed by atoms with Crippen LogP contribution < -0.4 is 10.3 Å². The van der Waals surface area contributed by atoms with Crippen LogP contribution in [0.4, 0.5) is 10.1 Å². The molecule has 1 N–H and O–H groups in total. The van der Waals surface area contributed by atoms with Gasteiger partial charge in [-0.2, -0.15) is 0 Å². The van der Waals surface area contributed by atoms with E-state index in [1.165, 1.54) is 12.1 Å². The minimum atomic E-state index is -0.203. The lowest BCUT2D eigenvalue weighted by atomic mass is 9.84. The molecule has 0 spiro atoms. The minimum Gasteiger partial charge on any atom is -0.311 e. The van der Waals surface area contributed by atoms with Gasteiger partial charge in [0.15, 0.2) is 0 Å². The third kappa shape index (κ3) is 5.62. The highest BCUT2D eigenvalue weighted by Crippen LogP contribution is 2.34. The Morgan fingerprint density at radius 2 is 1.88 bits per heavy atom. The van der Waals surface area contributed by atoms with Crippen molar-refractivity contribution in [3.63, 3.8) is 0 Å². The fourth-order valence-corrected chi connectivity index (χ4v) is 4.55. The summed E-state index contributed by atoms with van der Waals surface area (Å²) in [5, 5.41) is 1.59. The first-order valence-electron chi connectivity index (χ1n) is 11.0. The molecule has 0 saturated carbocycles. The largest absolute Gasteiger partial charge is 0.311 e. The first-order valence-corrected chi connectivity index (χ1v) is 11.0. The summed E-state index contributed by atoms with van der Waals surface area (Å²) in [6.45, 7) is 6.49. The van der Waals surface area contributed by atoms with Crippen LogP contribution in [0.1, 0.15) is 35.6 Å². The molecule has 32 heavy (non-hydrogen) atoms. The Morgan fingerprint density at radius 3 is 2.50 bits per heavy atom. The normalized spacial score (nSPS) is 19.1. The number of hydrogen-bond donors (Lipinski definition) is 1. The van der Waals surface area contributed by atoms with Crippen molar-refractivity contribution < 1.29 is 14.0 Å². The maximum Gasteiger partial charge on any atom is 0.258 e. The van der Waals surface area contributed by atoms with E-state index in [1.54, 1.807) is 31.2 Å². The summed E-state index contributed by atoms with van der Waals surface area (Å²) in [4.78, 5) is 26.8. The maximum atomic E-state index is 14.2. The van der Waals surface area contributed by atoms with Gasteiger partial charge in [-0.25, -0.2) is 9.40 Å². The highest BCUT2D eigenvalue weighted by atomic mass is 19.1. The Labute approximate surface area is 189 Å². The molecule has 0 unspecified atom stereocenters. The van der Waals surface area contributed by atoms with Crippen molar-refractivity contribution in [2.24, 2.45) is 11.8 Å². The van der Waals surface area contributed by atoms with Gasteiger partial charge in [-0.3, -0.25) is 15.0 Å². The zero-order valence-electron chi connectivity index (χ0n) is 19.5. The number of aryl methyl sites for hydroxylation is 2. The summed E-state index contributed by atoms with van der Waals surface area (Å²) in [5.41, 5.74) is 7.14. The maximum absolute atomic E-state index is 14.2. The van der Waals surface area contributed by atoms with Crippen LogP contribution in [0.25, 0.3) is 6.08 Å². The predicted octanol–water partition coefficient (Wildman–Crippen LogP) is 4.28. The fraction of sp³-hybridized carbons (Fsp3) is 0.385. The second-order valence-corrected chi connectivity index (χ2v) is 8.95. The average molecular weight is 438 g/mol. The molecular weight excluding hydrogens is 405 g/mol. The molecule has 5 nitrogen and oxygen atoms in total. The third-order valence-electron chi connectivity index (χ3n) is 5.83. The fourth-order valence-electron chi connectivity index (χ4n) is 4.55. The van der Waals surface area contributed by atoms with Gasteiger partial charge in [0.05, 0.1) is 0 Å². The number of nitrogens with one attached hydrogen (secondary N) is 1. The summed E-state index contributed by atoms with van der Waals surface area (Å²) in [5.74, 6) is -0.216. The van der Waals surface area contributed by atoms with E-state index in [0.29, 0.717) is 18.5 Å². The average Bonchev–Trinajstić information content (AvgIpc) is 2.70. The lowest BCUT2D eigenvalue weighted by Crippen LogP contribution is -2.46. The molecule has 1 aliphatic rings. The molecule has 2 amide bonds. The number of carbonyl (C=O) groups is 2. The first kappa shape index (κ1) is 23.7. The van der Waals surface area contributed by atoms with Crippen LogP contribution in [0, 0.1) is 31.5 Å². The van der Waals surface area contributed by atoms with Crippen molar-refractivity contribution >= 4 is 23.6 Å². The van der Waals surface area contributed by atoms with Crippen molar-refractivity contribution in [2.45, 2.75) is 33.6 Å². The molecule has 6 heteroatoms. The molecule has 0 aromatic heterocycles. The van der Waals surface area contributed by atoms with Crippen LogP contribution in [-0.4, -0.2) is 37.5 Å². The van der Waals surface area contributed by atoms with Gasteiger partial charge in [0, 0.05) is 38.3 Å². The van der Waals surface area contributed by atoms with Crippen LogP contribution in [0.15, 0.2) is 42.5 Å². The van der Waals surface area contributed by atoms with E-state index in [0.717, 1.165) is 28.8 Å². The highest BCUT2D eigenvalue weighted by Gasteiger charge is 2.34. The molecule has 3 rings (SSSR count). The lowest BCUT2D eigenvalue weighted by molar-refractivity contribution is -0.124. The molecule has 0 radical (unpaired) electrons. The number of hydrazine groups is 1. The molecular formula is C26H32FN3O2. The SMILES string of the molecule is Cc1cc(/C=C/C(=O)NN(C)C)cc(C)c1N1C[C@@H](Cc2ccccc2F)C[C@@H](C)C1=O. The Kier molecular flexibility index (Phi) is 7.46. The summed E-state index contributed by atoms with van der Waals surface area (Å²) in [7, 11) is 3.51. The van der Waals surface area contributed by atoms with E-state index in [4.69, 9.17) is 0 Å². The highest BCUT2D eigenvalue weighted by molar-refractivity contribution is 5.97. The van der Waals surface area contributed by atoms with E-state index in [-0.39, 0.29) is 29.5 Å². The van der Waals surface area contributed by atoms with Crippen LogP contribution in [0.3, 0.4) is 0 Å². The molecule has 2 aromatic carbocycles. The van der Waals surface area contributed by atoms with E-state index in [2.05, 4.69) is 5.43 Å². The van der Waals surface area contributed by atoms with E-state index in [9.17, 15) is 14.0 Å². The number of halogens is 1. The van der Waals surface area contributed by atoms with E-state index >= 15 is 0 Å². The van der Waals surface area contributed by atoms with Gasteiger partial charge in [-0.1, -0.05) is 25.1 Å². The number of piperidine rings is 1. The van der Waals surface area contributed by atoms with Crippen molar-refractivity contribution in [2.75, 3.05) is 25.5 Å². The zero-order valence-corrected chi connectivity index (χ0v) is 19.5. The zero-order chi connectivity index (χ0) is 23.4. The van der Waals surface area contributed by atoms with Crippen molar-refractivity contribution in [1.82, 2.24) is 10.4 Å². The van der Waals surface area contributed by atoms with Crippen molar-refractivity contribution in [1.29, 1.82) is 0 Å². The van der Waals surface area contributed by atoms with Crippen LogP contribution in [0.5, 0.6) is 0 Å². The molecule has 170 valence electrons. The standard InChI is InChI=1S/C26H32FN3O2/c1-17-12-20(10-11-24(31)28-29(4)5)13-18(2)25(17)30-16-21(14-19(3)26(30)32)15-22-8-6-7-9-23(22)27/h6-13,19,21H,14-16H2,1-5H3,(H,28,31)/b11-10+/t19-,21-/m1/s1. The minimum absolute atomic E-state index is 0.106. The number of nitrogens with zero attached hydrogens (tertiary/aromatic N) is 2.